The Morgan fingerprint density at radius 3 is 2.27 bits per heavy atom. The summed E-state index contributed by atoms with van der Waals surface area (Å²) in [6, 6.07) is 4.27. The molecule has 0 aromatic heterocycles. The third-order valence-corrected chi connectivity index (χ3v) is 2.02. The molecule has 0 aliphatic heterocycles. The predicted molar refractivity (Wildman–Crippen MR) is 52.4 cm³/mol. The molecule has 0 bridgehead atoms. The lowest BCUT2D eigenvalue weighted by atomic mass is 9.94. The Balaban J connectivity index is 3.10. The first kappa shape index (κ1) is 11.5. The van der Waals surface area contributed by atoms with Crippen molar-refractivity contribution in [2.75, 3.05) is 0 Å². The maximum Gasteiger partial charge on any atom is 0.235 e. The van der Waals surface area contributed by atoms with Crippen LogP contribution in [0.25, 0.3) is 0 Å². The van der Waals surface area contributed by atoms with Crippen LogP contribution < -0.4 is 0 Å². The lowest BCUT2D eigenvalue weighted by Gasteiger charge is -2.22. The molecule has 0 fully saturated rings. The first-order valence-corrected chi connectivity index (χ1v) is 4.46. The highest BCUT2D eigenvalue weighted by Gasteiger charge is 2.30. The summed E-state index contributed by atoms with van der Waals surface area (Å²) >= 11 is 0. The molecular weight excluding hydrogens is 200 g/mol. The number of isocyanates is 1. The fourth-order valence-corrected chi connectivity index (χ4v) is 1.32. The number of aliphatic imine (C=N–C) groups is 1. The lowest BCUT2D eigenvalue weighted by Crippen LogP contribution is -2.22. The van der Waals surface area contributed by atoms with Crippen molar-refractivity contribution < 1.29 is 13.6 Å². The smallest absolute Gasteiger partial charge is 0.235 e. The molecule has 15 heavy (non-hydrogen) atoms. The van der Waals surface area contributed by atoms with E-state index in [1.807, 2.05) is 0 Å². The Kier molecular flexibility index (Phi) is 3.32. The average Bonchev–Trinajstić information content (AvgIpc) is 2.14. The molecule has 1 rings (SSSR count). The van der Waals surface area contributed by atoms with E-state index in [0.29, 0.717) is 5.56 Å². The molecule has 80 valence electrons. The number of halogens is 2. The van der Waals surface area contributed by atoms with Crippen molar-refractivity contribution in [2.45, 2.75) is 25.6 Å². The monoisotopic (exact) mass is 211 g/mol. The Bertz CT molecular complexity index is 375. The van der Waals surface area contributed by atoms with E-state index in [9.17, 15) is 13.6 Å². The number of hydrogen-bond acceptors (Lipinski definition) is 2. The first-order chi connectivity index (χ1) is 6.95. The van der Waals surface area contributed by atoms with Crippen LogP contribution in [0.5, 0.6) is 0 Å². The molecule has 0 aliphatic carbocycles. The number of hydrogen-bond donors (Lipinski definition) is 0. The maximum atomic E-state index is 13.7. The van der Waals surface area contributed by atoms with Gasteiger partial charge >= 0.3 is 0 Å². The number of nitrogens with zero attached hydrogens (tertiary/aromatic N) is 1. The van der Waals surface area contributed by atoms with E-state index in [4.69, 9.17) is 0 Å². The summed E-state index contributed by atoms with van der Waals surface area (Å²) in [5.41, 5.74) is -1.23. The third kappa shape index (κ3) is 2.96. The van der Waals surface area contributed by atoms with Crippen molar-refractivity contribution >= 4 is 6.08 Å². The highest BCUT2D eigenvalue weighted by molar-refractivity contribution is 5.36. The van der Waals surface area contributed by atoms with Crippen molar-refractivity contribution in [2.24, 2.45) is 4.99 Å². The van der Waals surface area contributed by atoms with E-state index < -0.39 is 17.5 Å². The Labute approximate surface area is 86.6 Å². The van der Waals surface area contributed by atoms with Crippen molar-refractivity contribution in [3.8, 4) is 0 Å². The molecular formula is C11H11F2NO. The van der Waals surface area contributed by atoms with E-state index in [1.54, 1.807) is 0 Å². The molecule has 2 nitrogen and oxygen atoms in total. The zero-order valence-electron chi connectivity index (χ0n) is 8.50. The van der Waals surface area contributed by atoms with Gasteiger partial charge in [0.25, 0.3) is 0 Å². The van der Waals surface area contributed by atoms with Crippen LogP contribution in [0.15, 0.2) is 29.3 Å². The second kappa shape index (κ2) is 4.32. The Morgan fingerprint density at radius 1 is 1.33 bits per heavy atom. The van der Waals surface area contributed by atoms with Crippen LogP contribution in [-0.4, -0.2) is 11.7 Å². The summed E-state index contributed by atoms with van der Waals surface area (Å²) < 4.78 is 26.3. The van der Waals surface area contributed by atoms with E-state index in [0.717, 1.165) is 0 Å². The number of alkyl halides is 1. The molecule has 0 spiro atoms. The Morgan fingerprint density at radius 2 is 1.87 bits per heavy atom. The second-order valence-corrected chi connectivity index (χ2v) is 3.74. The van der Waals surface area contributed by atoms with E-state index in [1.165, 1.54) is 44.2 Å². The standard InChI is InChI=1S/C11H11F2NO/c1-11(2,13)10(14-7-15)8-3-5-9(12)6-4-8/h3-6,10H,1-2H3. The molecule has 0 amide bonds. The van der Waals surface area contributed by atoms with Crippen molar-refractivity contribution in [1.29, 1.82) is 0 Å². The van der Waals surface area contributed by atoms with Gasteiger partial charge in [-0.2, -0.15) is 4.99 Å². The predicted octanol–water partition coefficient (Wildman–Crippen LogP) is 2.95. The van der Waals surface area contributed by atoms with Gasteiger partial charge < -0.3 is 0 Å². The normalized spacial score (nSPS) is 13.1. The highest BCUT2D eigenvalue weighted by Crippen LogP contribution is 2.32. The largest absolute Gasteiger partial charge is 0.242 e. The van der Waals surface area contributed by atoms with Gasteiger partial charge in [0.2, 0.25) is 6.08 Å². The van der Waals surface area contributed by atoms with Crippen molar-refractivity contribution in [1.82, 2.24) is 0 Å². The van der Waals surface area contributed by atoms with Crippen LogP contribution in [0.2, 0.25) is 0 Å². The van der Waals surface area contributed by atoms with Gasteiger partial charge in [0.15, 0.2) is 0 Å². The zero-order chi connectivity index (χ0) is 11.5. The SMILES string of the molecule is CC(C)(F)C(N=C=O)c1ccc(F)cc1. The maximum absolute atomic E-state index is 13.7. The molecule has 0 radical (unpaired) electrons. The minimum absolute atomic E-state index is 0.413. The topological polar surface area (TPSA) is 29.4 Å². The van der Waals surface area contributed by atoms with Crippen LogP contribution in [0, 0.1) is 5.82 Å². The number of carbonyl (C=O) groups excluding carboxylic acids is 1. The average molecular weight is 211 g/mol. The molecule has 0 N–H and O–H groups in total. The van der Waals surface area contributed by atoms with E-state index in [2.05, 4.69) is 4.99 Å². The quantitative estimate of drug-likeness (QED) is 0.558. The van der Waals surface area contributed by atoms with Crippen LogP contribution in [0.3, 0.4) is 0 Å². The third-order valence-electron chi connectivity index (χ3n) is 2.02. The molecule has 1 atom stereocenters. The van der Waals surface area contributed by atoms with Gasteiger partial charge in [0.05, 0.1) is 0 Å². The lowest BCUT2D eigenvalue weighted by molar-refractivity contribution is 0.175. The van der Waals surface area contributed by atoms with Gasteiger partial charge in [-0.15, -0.1) is 0 Å². The number of benzene rings is 1. The van der Waals surface area contributed by atoms with Crippen LogP contribution >= 0.6 is 0 Å². The molecule has 0 heterocycles. The van der Waals surface area contributed by atoms with E-state index in [-0.39, 0.29) is 0 Å². The van der Waals surface area contributed by atoms with Gasteiger partial charge in [-0.3, -0.25) is 0 Å². The molecule has 4 heteroatoms. The van der Waals surface area contributed by atoms with Gasteiger partial charge in [-0.25, -0.2) is 13.6 Å². The van der Waals surface area contributed by atoms with Crippen LogP contribution in [0.4, 0.5) is 8.78 Å². The van der Waals surface area contributed by atoms with Gasteiger partial charge in [0.1, 0.15) is 17.5 Å². The van der Waals surface area contributed by atoms with Crippen LogP contribution in [-0.2, 0) is 4.79 Å². The molecule has 1 unspecified atom stereocenters. The summed E-state index contributed by atoms with van der Waals surface area (Å²) in [5, 5.41) is 0. The first-order valence-electron chi connectivity index (χ1n) is 4.46. The molecule has 0 saturated heterocycles. The molecule has 1 aromatic carbocycles. The molecule has 0 aliphatic rings. The molecule has 0 saturated carbocycles. The summed E-state index contributed by atoms with van der Waals surface area (Å²) in [6.45, 7) is 2.61. The Hall–Kier alpha value is -1.54. The fraction of sp³-hybridized carbons (Fsp3) is 0.364. The van der Waals surface area contributed by atoms with Crippen molar-refractivity contribution in [3.63, 3.8) is 0 Å². The minimum Gasteiger partial charge on any atom is -0.242 e. The summed E-state index contributed by atoms with van der Waals surface area (Å²) in [6.07, 6.45) is 1.33. The van der Waals surface area contributed by atoms with Gasteiger partial charge in [-0.1, -0.05) is 12.1 Å². The second-order valence-electron chi connectivity index (χ2n) is 3.74. The van der Waals surface area contributed by atoms with Gasteiger partial charge in [-0.05, 0) is 31.5 Å². The van der Waals surface area contributed by atoms with Gasteiger partial charge in [0, 0.05) is 0 Å². The number of rotatable bonds is 3. The molecule has 1 aromatic rings. The zero-order valence-corrected chi connectivity index (χ0v) is 8.50. The fourth-order valence-electron chi connectivity index (χ4n) is 1.32. The van der Waals surface area contributed by atoms with E-state index >= 15 is 0 Å². The van der Waals surface area contributed by atoms with Crippen molar-refractivity contribution in [3.05, 3.63) is 35.6 Å². The highest BCUT2D eigenvalue weighted by atomic mass is 19.1. The minimum atomic E-state index is -1.69. The van der Waals surface area contributed by atoms with Crippen LogP contribution in [0.1, 0.15) is 25.5 Å². The summed E-state index contributed by atoms with van der Waals surface area (Å²) in [7, 11) is 0. The summed E-state index contributed by atoms with van der Waals surface area (Å²) in [5.74, 6) is -0.413. The summed E-state index contributed by atoms with van der Waals surface area (Å²) in [4.78, 5) is 13.6.